The largest absolute Gasteiger partial charge is 0.382 e. The molecule has 0 bridgehead atoms. The molecule has 0 radical (unpaired) electrons. The van der Waals surface area contributed by atoms with Gasteiger partial charge in [-0.1, -0.05) is 107 Å². The van der Waals surface area contributed by atoms with Crippen LogP contribution in [0.3, 0.4) is 0 Å². The van der Waals surface area contributed by atoms with Gasteiger partial charge in [0.05, 0.1) is 187 Å². The number of imidazole rings is 2. The zero-order chi connectivity index (χ0) is 66.2. The SMILES string of the molecule is C.C.C.C.CCCCc1nc2c(N)nc3ccccc3c2n1CCNC(=O)CCOCCOCCOCCOCCOCCOCCC(=O)CC.CCCCc1nc2cnc3ccccc3c2n1CCNC(=O)CCOCCOCCOCCOCCOCCOCCC(=O)CC. The molecule has 4 heterocycles. The number of nitrogen functional groups attached to an aromatic ring is 1. The predicted octanol–water partition coefficient (Wildman–Crippen LogP) is 9.93. The Morgan fingerprint density at radius 3 is 1.11 bits per heavy atom. The van der Waals surface area contributed by atoms with Crippen LogP contribution >= 0.6 is 0 Å². The quantitative estimate of drug-likeness (QED) is 0.0299. The Kier molecular flexibility index (Phi) is 51.9. The number of carbonyl (C=O) groups is 4. The first-order valence-corrected chi connectivity index (χ1v) is 33.4. The van der Waals surface area contributed by atoms with Crippen LogP contribution < -0.4 is 16.4 Å². The van der Waals surface area contributed by atoms with Crippen LogP contribution in [0.15, 0.2) is 54.7 Å². The number of carbonyl (C=O) groups excluding carboxylic acids is 4. The van der Waals surface area contributed by atoms with Gasteiger partial charge in [0.2, 0.25) is 11.8 Å². The lowest BCUT2D eigenvalue weighted by Crippen LogP contribution is -2.28. The van der Waals surface area contributed by atoms with Crippen molar-refractivity contribution in [3.8, 4) is 0 Å². The highest BCUT2D eigenvalue weighted by molar-refractivity contribution is 6.06. The molecule has 0 aliphatic carbocycles. The Balaban J connectivity index is 0.000000932. The molecule has 550 valence electrons. The van der Waals surface area contributed by atoms with Crippen molar-refractivity contribution in [1.29, 1.82) is 0 Å². The lowest BCUT2D eigenvalue weighted by atomic mass is 10.2. The predicted molar refractivity (Wildman–Crippen MR) is 384 cm³/mol. The number of amides is 2. The molecule has 97 heavy (non-hydrogen) atoms. The number of anilines is 1. The zero-order valence-electron chi connectivity index (χ0n) is 55.8. The molecule has 0 aliphatic rings. The Labute approximate surface area is 577 Å². The number of ether oxygens (including phenoxy) is 12. The van der Waals surface area contributed by atoms with Crippen molar-refractivity contribution in [3.05, 3.63) is 66.4 Å². The van der Waals surface area contributed by atoms with Crippen molar-refractivity contribution >= 4 is 73.1 Å². The molecule has 0 aliphatic heterocycles. The van der Waals surface area contributed by atoms with Gasteiger partial charge in [0, 0.05) is 88.3 Å². The van der Waals surface area contributed by atoms with E-state index in [4.69, 9.17) is 72.5 Å². The molecule has 0 unspecified atom stereocenters. The molecule has 6 rings (SSSR count). The average molecular weight is 1370 g/mol. The van der Waals surface area contributed by atoms with Gasteiger partial charge in [-0.25, -0.2) is 15.0 Å². The van der Waals surface area contributed by atoms with Gasteiger partial charge in [0.1, 0.15) is 34.2 Å². The smallest absolute Gasteiger partial charge is 0.222 e. The number of unbranched alkanes of at least 4 members (excludes halogenated alkanes) is 2. The summed E-state index contributed by atoms with van der Waals surface area (Å²) in [6.45, 7) is 21.1. The fourth-order valence-electron chi connectivity index (χ4n) is 9.50. The number of ketones is 2. The first-order chi connectivity index (χ1) is 45.7. The van der Waals surface area contributed by atoms with Crippen LogP contribution in [0.1, 0.15) is 133 Å². The molecular formula is C72H121N9O16. The first-order valence-electron chi connectivity index (χ1n) is 33.4. The van der Waals surface area contributed by atoms with Crippen LogP contribution in [-0.4, -0.2) is 224 Å². The fraction of sp³-hybridized carbons (Fsp3) is 0.667. The standard InChI is InChI=1S/C34H53N5O8.C34H52N4O8.4CH4/c1-3-5-10-30-38-32-33(28-8-6-7-9-29(28)37-34(32)35)39(30)14-13-36-31(41)12-16-43-18-20-45-22-24-47-26-25-46-23-21-44-19-17-42-15-11-27(40)4-2;1-3-5-10-32-37-31-27-36-30-9-7-6-8-29(30)34(31)38(32)14-13-35-33(40)12-16-42-18-20-44-22-24-46-26-25-45-23-21-43-19-17-41-15-11-28(39)4-2;;;;/h6-9H,3-5,10-26H2,1-2H3,(H2,35,37)(H,36,41);6-9,27H,3-5,10-26H2,1-2H3,(H,35,40);4*1H4. The lowest BCUT2D eigenvalue weighted by molar-refractivity contribution is -0.123. The van der Waals surface area contributed by atoms with E-state index in [0.717, 1.165) is 88.5 Å². The van der Waals surface area contributed by atoms with Crippen LogP contribution in [-0.2, 0) is 102 Å². The highest BCUT2D eigenvalue weighted by Gasteiger charge is 2.18. The minimum Gasteiger partial charge on any atom is -0.382 e. The van der Waals surface area contributed by atoms with Crippen LogP contribution in [0.4, 0.5) is 5.82 Å². The van der Waals surface area contributed by atoms with E-state index >= 15 is 0 Å². The number of Topliss-reactive ketones (excluding diaryl/α,β-unsaturated/α-hetero) is 2. The summed E-state index contributed by atoms with van der Waals surface area (Å²) in [5, 5.41) is 8.10. The second-order valence-electron chi connectivity index (χ2n) is 21.6. The van der Waals surface area contributed by atoms with Gasteiger partial charge in [-0.05, 0) is 25.0 Å². The molecule has 0 fully saturated rings. The molecule has 4 aromatic heterocycles. The summed E-state index contributed by atoms with van der Waals surface area (Å²) in [4.78, 5) is 66.0. The van der Waals surface area contributed by atoms with E-state index in [1.54, 1.807) is 0 Å². The summed E-state index contributed by atoms with van der Waals surface area (Å²) in [7, 11) is 0. The van der Waals surface area contributed by atoms with Crippen LogP contribution in [0.5, 0.6) is 0 Å². The third-order valence-electron chi connectivity index (χ3n) is 14.6. The topological polar surface area (TPSA) is 291 Å². The van der Waals surface area contributed by atoms with Gasteiger partial charge < -0.3 is 82.3 Å². The summed E-state index contributed by atoms with van der Waals surface area (Å²) < 4.78 is 70.0. The van der Waals surface area contributed by atoms with Crippen molar-refractivity contribution in [3.63, 3.8) is 0 Å². The maximum absolute atomic E-state index is 12.4. The number of nitrogens with zero attached hydrogens (tertiary/aromatic N) is 6. The lowest BCUT2D eigenvalue weighted by Gasteiger charge is -2.12. The van der Waals surface area contributed by atoms with Crippen LogP contribution in [0.25, 0.3) is 43.9 Å². The van der Waals surface area contributed by atoms with Gasteiger partial charge >= 0.3 is 0 Å². The van der Waals surface area contributed by atoms with Crippen molar-refractivity contribution in [2.45, 2.75) is 148 Å². The van der Waals surface area contributed by atoms with E-state index in [-0.39, 0.29) is 59.5 Å². The monoisotopic (exact) mass is 1370 g/mol. The van der Waals surface area contributed by atoms with E-state index in [9.17, 15) is 19.2 Å². The number of para-hydroxylation sites is 2. The number of pyridine rings is 2. The number of hydrogen-bond acceptors (Lipinski definition) is 21. The first kappa shape index (κ1) is 88.8. The number of rotatable bonds is 56. The van der Waals surface area contributed by atoms with Gasteiger partial charge in [0.25, 0.3) is 0 Å². The summed E-state index contributed by atoms with van der Waals surface area (Å²) in [6.07, 6.45) is 10.4. The highest BCUT2D eigenvalue weighted by Crippen LogP contribution is 2.30. The molecule has 25 heteroatoms. The number of benzene rings is 2. The third-order valence-corrected chi connectivity index (χ3v) is 14.6. The van der Waals surface area contributed by atoms with E-state index in [1.165, 1.54) is 0 Å². The highest BCUT2D eigenvalue weighted by atomic mass is 16.6. The third kappa shape index (κ3) is 35.9. The van der Waals surface area contributed by atoms with Gasteiger partial charge in [0.15, 0.2) is 5.82 Å². The number of nitrogens with two attached hydrogens (primary N) is 1. The number of aryl methyl sites for hydroxylation is 2. The van der Waals surface area contributed by atoms with Crippen LogP contribution in [0, 0.1) is 0 Å². The van der Waals surface area contributed by atoms with Gasteiger partial charge in [-0.15, -0.1) is 0 Å². The zero-order valence-corrected chi connectivity index (χ0v) is 55.8. The maximum atomic E-state index is 12.4. The summed E-state index contributed by atoms with van der Waals surface area (Å²) >= 11 is 0. The van der Waals surface area contributed by atoms with E-state index in [1.807, 2.05) is 62.5 Å². The van der Waals surface area contributed by atoms with E-state index < -0.39 is 0 Å². The Morgan fingerprint density at radius 1 is 0.402 bits per heavy atom. The maximum Gasteiger partial charge on any atom is 0.222 e. The molecule has 6 aromatic rings. The molecule has 0 atom stereocenters. The second-order valence-corrected chi connectivity index (χ2v) is 21.6. The van der Waals surface area contributed by atoms with Crippen molar-refractivity contribution in [2.75, 3.05) is 177 Å². The summed E-state index contributed by atoms with van der Waals surface area (Å²) in [6, 6.07) is 16.0. The fourth-order valence-corrected chi connectivity index (χ4v) is 9.50. The molecule has 2 aromatic carbocycles. The van der Waals surface area contributed by atoms with Gasteiger partial charge in [-0.2, -0.15) is 0 Å². The number of fused-ring (bicyclic) bond motifs is 6. The van der Waals surface area contributed by atoms with Gasteiger partial charge in [-0.3, -0.25) is 24.2 Å². The molecule has 0 saturated carbocycles. The number of aromatic nitrogens is 6. The van der Waals surface area contributed by atoms with E-state index in [2.05, 4.69) is 49.6 Å². The van der Waals surface area contributed by atoms with Crippen molar-refractivity contribution in [2.24, 2.45) is 0 Å². The number of hydrogen-bond donors (Lipinski definition) is 3. The molecule has 4 N–H and O–H groups in total. The molecule has 2 amide bonds. The summed E-state index contributed by atoms with van der Waals surface area (Å²) in [5.41, 5.74) is 11.7. The minimum absolute atomic E-state index is 0. The van der Waals surface area contributed by atoms with Crippen molar-refractivity contribution < 1.29 is 76.0 Å². The molecule has 0 spiro atoms. The van der Waals surface area contributed by atoms with Crippen LogP contribution in [0.2, 0.25) is 0 Å². The average Bonchev–Trinajstić information content (AvgIpc) is 1.65. The second kappa shape index (κ2) is 56.7. The molecular weight excluding hydrogens is 1250 g/mol. The Bertz CT molecular complexity index is 3020. The number of nitrogens with one attached hydrogen (secondary N) is 2. The molecule has 0 saturated heterocycles. The minimum atomic E-state index is -0.0655. The van der Waals surface area contributed by atoms with Crippen molar-refractivity contribution in [1.82, 2.24) is 39.7 Å². The Hall–Kier alpha value is -6.20. The summed E-state index contributed by atoms with van der Waals surface area (Å²) in [5.74, 6) is 2.73. The Morgan fingerprint density at radius 2 is 0.732 bits per heavy atom. The normalized spacial score (nSPS) is 11.1. The van der Waals surface area contributed by atoms with E-state index in [0.29, 0.717) is 228 Å². The molecule has 25 nitrogen and oxygen atoms in total.